The number of anilines is 3. The fourth-order valence-corrected chi connectivity index (χ4v) is 4.35. The van der Waals surface area contributed by atoms with E-state index >= 15 is 0 Å². The normalized spacial score (nSPS) is 19.6. The monoisotopic (exact) mass is 451 g/mol. The predicted molar refractivity (Wildman–Crippen MR) is 109 cm³/mol. The molecular weight excluding hydrogens is 439 g/mol. The molecule has 152 valence electrons. The zero-order chi connectivity index (χ0) is 22.3. The van der Waals surface area contributed by atoms with Crippen molar-refractivity contribution in [3.63, 3.8) is 0 Å². The highest BCUT2D eigenvalue weighted by atomic mass is 35.5. The van der Waals surface area contributed by atoms with Crippen molar-refractivity contribution in [3.8, 4) is 0 Å². The molecule has 1 aliphatic rings. The van der Waals surface area contributed by atoms with E-state index in [1.807, 2.05) is 0 Å². The van der Waals surface area contributed by atoms with E-state index in [-0.39, 0.29) is 40.7 Å². The molecule has 3 rings (SSSR count). The Morgan fingerprint density at radius 2 is 2.03 bits per heavy atom. The number of ether oxygens (including phenoxy) is 1. The topological polar surface area (TPSA) is 89.0 Å². The van der Waals surface area contributed by atoms with E-state index in [0.29, 0.717) is 6.20 Å². The summed E-state index contributed by atoms with van der Waals surface area (Å²) in [6.07, 6.45) is -3.91. The van der Waals surface area contributed by atoms with Gasteiger partial charge in [-0.2, -0.15) is 18.2 Å². The zero-order valence-electron chi connectivity index (χ0n) is 15.5. The van der Waals surface area contributed by atoms with Crippen molar-refractivity contribution in [2.75, 3.05) is 23.8 Å². The predicted octanol–water partition coefficient (Wildman–Crippen LogP) is 2.54. The Hall–Kier alpha value is -1.95. The minimum Gasteiger partial charge on any atom is -0.465 e. The van der Waals surface area contributed by atoms with Gasteiger partial charge in [0.15, 0.2) is 5.15 Å². The van der Waals surface area contributed by atoms with Crippen LogP contribution in [0.3, 0.4) is 0 Å². The minimum absolute atomic E-state index is 0.0419. The number of nitrogens with zero attached hydrogens (tertiary/aromatic N) is 3. The summed E-state index contributed by atoms with van der Waals surface area (Å²) in [6.45, 7) is 1.88. The molecule has 1 unspecified atom stereocenters. The number of carbonyl (C=O) groups is 1. The lowest BCUT2D eigenvalue weighted by Gasteiger charge is -2.37. The highest BCUT2D eigenvalue weighted by molar-refractivity contribution is 7.16. The molecule has 7 nitrogen and oxygen atoms in total. The van der Waals surface area contributed by atoms with E-state index in [1.165, 1.54) is 0 Å². The molecule has 30 heavy (non-hydrogen) atoms. The molecular formula is C15H12B3ClF3N5O2S. The molecule has 0 aromatic carbocycles. The Morgan fingerprint density at radius 1 is 1.33 bits per heavy atom. The number of nitrogens with one attached hydrogen (secondary N) is 2. The summed E-state index contributed by atoms with van der Waals surface area (Å²) in [4.78, 5) is 24.0. The van der Waals surface area contributed by atoms with Crippen LogP contribution in [0.15, 0.2) is 6.20 Å². The van der Waals surface area contributed by atoms with Gasteiger partial charge in [0.05, 0.1) is 30.1 Å². The molecule has 2 N–H and O–H groups in total. The van der Waals surface area contributed by atoms with Crippen LogP contribution in [-0.4, -0.2) is 57.6 Å². The molecule has 0 amide bonds. The fraction of sp³-hybridized carbons (Fsp3) is 0.467. The number of thiazole rings is 1. The number of hydrogen-bond acceptors (Lipinski definition) is 8. The number of halogens is 4. The average molecular weight is 451 g/mol. The Morgan fingerprint density at radius 3 is 2.57 bits per heavy atom. The third-order valence-electron chi connectivity index (χ3n) is 4.41. The second-order valence-electron chi connectivity index (χ2n) is 6.47. The van der Waals surface area contributed by atoms with Crippen LogP contribution in [0.1, 0.15) is 23.9 Å². The van der Waals surface area contributed by atoms with E-state index in [2.05, 4.69) is 25.6 Å². The lowest BCUT2D eigenvalue weighted by molar-refractivity contribution is -0.142. The van der Waals surface area contributed by atoms with Crippen molar-refractivity contribution in [2.24, 2.45) is 0 Å². The maximum atomic E-state index is 13.1. The zero-order valence-corrected chi connectivity index (χ0v) is 17.1. The lowest BCUT2D eigenvalue weighted by Crippen LogP contribution is -2.45. The van der Waals surface area contributed by atoms with Crippen LogP contribution >= 0.6 is 22.9 Å². The van der Waals surface area contributed by atoms with Crippen molar-refractivity contribution in [1.29, 1.82) is 0 Å². The Kier molecular flexibility index (Phi) is 6.03. The van der Waals surface area contributed by atoms with Crippen LogP contribution in [-0.2, 0) is 21.1 Å². The molecule has 2 aromatic rings. The average Bonchev–Trinajstić information content (AvgIpc) is 3.18. The Bertz CT molecular complexity index is 972. The van der Waals surface area contributed by atoms with Gasteiger partial charge in [-0.1, -0.05) is 22.9 Å². The molecule has 0 spiro atoms. The van der Waals surface area contributed by atoms with Crippen molar-refractivity contribution in [3.05, 3.63) is 21.9 Å². The molecule has 0 saturated carbocycles. The molecule has 6 radical (unpaired) electrons. The van der Waals surface area contributed by atoms with Gasteiger partial charge in [0.25, 0.3) is 0 Å². The van der Waals surface area contributed by atoms with Gasteiger partial charge in [-0.15, -0.1) is 5.11 Å². The molecule has 1 atom stereocenters. The molecule has 1 saturated heterocycles. The number of alkyl halides is 3. The lowest BCUT2D eigenvalue weighted by atomic mass is 9.32. The molecule has 3 heterocycles. The molecule has 15 heteroatoms. The highest BCUT2D eigenvalue weighted by Crippen LogP contribution is 2.51. The van der Waals surface area contributed by atoms with Crippen molar-refractivity contribution >= 4 is 69.2 Å². The number of cyclic esters (lactones) is 1. The summed E-state index contributed by atoms with van der Waals surface area (Å²) in [5.41, 5.74) is -2.64. The van der Waals surface area contributed by atoms with Gasteiger partial charge in [-0.05, 0) is 6.92 Å². The van der Waals surface area contributed by atoms with Crippen LogP contribution < -0.4 is 10.6 Å². The van der Waals surface area contributed by atoms with Gasteiger partial charge in [0.2, 0.25) is 5.95 Å². The first-order chi connectivity index (χ1) is 13.9. The fourth-order valence-electron chi connectivity index (χ4n) is 2.91. The number of esters is 1. The largest absolute Gasteiger partial charge is 0.465 e. The van der Waals surface area contributed by atoms with Gasteiger partial charge in [0, 0.05) is 19.2 Å². The standard InChI is InChI=1S/C15H12B3ClF3N5O2S/c1-2-23-8-6(14(20,21)22)5-24-12(26-8)27-9-7(19)25-10(30-9)13(15(16,17)18)3-4-29-11(13)28/h5H,2-4H2,1H3,(H2,23,24,26,27). The number of hydrogen-bond donors (Lipinski definition) is 2. The number of carbonyl (C=O) groups excluding carboxylic acids is 1. The van der Waals surface area contributed by atoms with Crippen LogP contribution in [0.5, 0.6) is 0 Å². The molecule has 0 bridgehead atoms. The molecule has 0 aliphatic carbocycles. The van der Waals surface area contributed by atoms with E-state index in [1.54, 1.807) is 6.92 Å². The summed E-state index contributed by atoms with van der Waals surface area (Å²) in [6, 6.07) is 0. The maximum absolute atomic E-state index is 13.1. The van der Waals surface area contributed by atoms with Gasteiger partial charge in [0.1, 0.15) is 26.8 Å². The summed E-state index contributed by atoms with van der Waals surface area (Å²) in [5.74, 6) is -1.31. The SMILES string of the molecule is [B]C([B])([B])C1(c2nc(Cl)c(Nc3ncc(C(F)(F)F)c(NCC)n3)s2)CCOC1=O. The summed E-state index contributed by atoms with van der Waals surface area (Å²) in [7, 11) is 17.5. The van der Waals surface area contributed by atoms with E-state index in [4.69, 9.17) is 39.9 Å². The van der Waals surface area contributed by atoms with Crippen molar-refractivity contribution in [2.45, 2.75) is 30.0 Å². The summed E-state index contributed by atoms with van der Waals surface area (Å²) < 4.78 is 44.3. The van der Waals surface area contributed by atoms with E-state index < -0.39 is 34.1 Å². The second-order valence-corrected chi connectivity index (χ2v) is 7.83. The first-order valence-electron chi connectivity index (χ1n) is 8.56. The summed E-state index contributed by atoms with van der Waals surface area (Å²) >= 11 is 7.04. The van der Waals surface area contributed by atoms with Crippen LogP contribution in [0.2, 0.25) is 10.3 Å². The van der Waals surface area contributed by atoms with Crippen LogP contribution in [0, 0.1) is 0 Å². The van der Waals surface area contributed by atoms with Crippen LogP contribution in [0.4, 0.5) is 29.9 Å². The maximum Gasteiger partial charge on any atom is 0.421 e. The molecule has 1 aliphatic heterocycles. The van der Waals surface area contributed by atoms with Crippen LogP contribution in [0.25, 0.3) is 0 Å². The Balaban J connectivity index is 1.97. The molecule has 1 fully saturated rings. The highest BCUT2D eigenvalue weighted by Gasteiger charge is 2.55. The van der Waals surface area contributed by atoms with Gasteiger partial charge in [-0.3, -0.25) is 4.79 Å². The Labute approximate surface area is 182 Å². The smallest absolute Gasteiger partial charge is 0.421 e. The third kappa shape index (κ3) is 3.99. The first-order valence-corrected chi connectivity index (χ1v) is 9.75. The summed E-state index contributed by atoms with van der Waals surface area (Å²) in [5, 5.41) is 3.42. The molecule has 2 aromatic heterocycles. The quantitative estimate of drug-likeness (QED) is 0.516. The number of aromatic nitrogens is 3. The van der Waals surface area contributed by atoms with Crippen molar-refractivity contribution in [1.82, 2.24) is 15.0 Å². The third-order valence-corrected chi connectivity index (χ3v) is 5.93. The second kappa shape index (κ2) is 7.95. The first kappa shape index (κ1) is 22.7. The van der Waals surface area contributed by atoms with Gasteiger partial charge in [-0.25, -0.2) is 9.97 Å². The van der Waals surface area contributed by atoms with Gasteiger partial charge < -0.3 is 15.4 Å². The number of rotatable bonds is 6. The van der Waals surface area contributed by atoms with Crippen molar-refractivity contribution < 1.29 is 22.7 Å². The van der Waals surface area contributed by atoms with E-state index in [0.717, 1.165) is 11.3 Å². The van der Waals surface area contributed by atoms with E-state index in [9.17, 15) is 18.0 Å². The minimum atomic E-state index is -4.63. The van der Waals surface area contributed by atoms with Gasteiger partial charge >= 0.3 is 12.1 Å².